The van der Waals surface area contributed by atoms with E-state index in [1.54, 1.807) is 11.1 Å². The van der Waals surface area contributed by atoms with Gasteiger partial charge < -0.3 is 24.1 Å². The maximum Gasteiger partial charge on any atom is 0.327 e. The molecule has 1 amide bonds. The van der Waals surface area contributed by atoms with Crippen LogP contribution in [0.2, 0.25) is 0 Å². The summed E-state index contributed by atoms with van der Waals surface area (Å²) in [5, 5.41) is 12.9. The van der Waals surface area contributed by atoms with Crippen LogP contribution in [0.1, 0.15) is 34.7 Å². The van der Waals surface area contributed by atoms with Crippen molar-refractivity contribution in [1.82, 2.24) is 14.9 Å². The number of likely N-dealkylation sites (tertiary alicyclic amines) is 1. The van der Waals surface area contributed by atoms with E-state index in [-0.39, 0.29) is 28.7 Å². The van der Waals surface area contributed by atoms with Gasteiger partial charge in [0.1, 0.15) is 11.2 Å². The topological polar surface area (TPSA) is 120 Å². The van der Waals surface area contributed by atoms with Crippen molar-refractivity contribution in [3.63, 3.8) is 0 Å². The monoisotopic (exact) mass is 440 g/mol. The van der Waals surface area contributed by atoms with Gasteiger partial charge in [0.25, 0.3) is 5.91 Å². The number of nitrogens with one attached hydrogen (secondary N) is 1. The number of nitrogens with zero attached hydrogens (tertiary/aromatic N) is 3. The number of amides is 1. The van der Waals surface area contributed by atoms with E-state index in [0.29, 0.717) is 13.1 Å². The molecular weight excluding hydrogens is 416 g/mol. The van der Waals surface area contributed by atoms with Gasteiger partial charge in [0.2, 0.25) is 11.5 Å². The molecule has 3 heterocycles. The van der Waals surface area contributed by atoms with Crippen molar-refractivity contribution < 1.29 is 23.9 Å². The van der Waals surface area contributed by atoms with Crippen LogP contribution in [0.5, 0.6) is 17.2 Å². The van der Waals surface area contributed by atoms with E-state index < -0.39 is 16.5 Å². The van der Waals surface area contributed by atoms with E-state index in [2.05, 4.69) is 9.97 Å². The van der Waals surface area contributed by atoms with Gasteiger partial charge in [0, 0.05) is 36.9 Å². The number of H-pyrrole nitrogens is 1. The maximum atomic E-state index is 13.3. The molecule has 168 valence electrons. The van der Waals surface area contributed by atoms with Crippen molar-refractivity contribution in [3.8, 4) is 17.2 Å². The number of carbonyl (C=O) groups is 1. The standard InChI is InChI=1S/C22H24N4O6/c1-30-17-11-15(18(26(28)29)20(32-3)19(17)31-2)22(27)25-9-6-13(7-10-25)16-12-24-21-14(16)5-4-8-23-21/h4-5,8,11-13H,6-7,9-10H2,1-3H3,(H,23,24). The quantitative estimate of drug-likeness (QED) is 0.460. The molecule has 0 unspecified atom stereocenters. The van der Waals surface area contributed by atoms with Gasteiger partial charge >= 0.3 is 5.69 Å². The number of aromatic amines is 1. The first-order valence-electron chi connectivity index (χ1n) is 10.2. The average molecular weight is 440 g/mol. The molecule has 2 aromatic heterocycles. The fraction of sp³-hybridized carbons (Fsp3) is 0.364. The highest BCUT2D eigenvalue weighted by Gasteiger charge is 2.35. The highest BCUT2D eigenvalue weighted by molar-refractivity contribution is 6.00. The summed E-state index contributed by atoms with van der Waals surface area (Å²) in [4.78, 5) is 33.7. The molecule has 0 aliphatic carbocycles. The highest BCUT2D eigenvalue weighted by atomic mass is 16.6. The van der Waals surface area contributed by atoms with Crippen LogP contribution >= 0.6 is 0 Å². The van der Waals surface area contributed by atoms with Crippen LogP contribution in [-0.4, -0.2) is 60.1 Å². The third kappa shape index (κ3) is 3.57. The smallest absolute Gasteiger partial charge is 0.327 e. The Morgan fingerprint density at radius 3 is 2.53 bits per heavy atom. The van der Waals surface area contributed by atoms with Crippen molar-refractivity contribution in [3.05, 3.63) is 51.8 Å². The second-order valence-electron chi connectivity index (χ2n) is 7.51. The van der Waals surface area contributed by atoms with Crippen LogP contribution < -0.4 is 14.2 Å². The van der Waals surface area contributed by atoms with Crippen LogP contribution in [0.15, 0.2) is 30.6 Å². The summed E-state index contributed by atoms with van der Waals surface area (Å²) in [5.41, 5.74) is 1.51. The molecule has 1 N–H and O–H groups in total. The number of benzene rings is 1. The van der Waals surface area contributed by atoms with Crippen LogP contribution in [0.3, 0.4) is 0 Å². The molecule has 4 rings (SSSR count). The van der Waals surface area contributed by atoms with Gasteiger partial charge in [-0.1, -0.05) is 0 Å². The van der Waals surface area contributed by atoms with Crippen LogP contribution in [-0.2, 0) is 0 Å². The molecule has 0 radical (unpaired) electrons. The Balaban J connectivity index is 1.61. The lowest BCUT2D eigenvalue weighted by Crippen LogP contribution is -2.38. The highest BCUT2D eigenvalue weighted by Crippen LogP contribution is 2.46. The normalized spacial score (nSPS) is 14.4. The van der Waals surface area contributed by atoms with Gasteiger partial charge in [0.15, 0.2) is 5.75 Å². The molecule has 10 heteroatoms. The number of aromatic nitrogens is 2. The van der Waals surface area contributed by atoms with Crippen LogP contribution in [0, 0.1) is 10.1 Å². The summed E-state index contributed by atoms with van der Waals surface area (Å²) in [7, 11) is 4.05. The zero-order valence-corrected chi connectivity index (χ0v) is 18.1. The summed E-state index contributed by atoms with van der Waals surface area (Å²) in [6.07, 6.45) is 5.20. The number of ether oxygens (including phenoxy) is 3. The van der Waals surface area contributed by atoms with Gasteiger partial charge in [-0.25, -0.2) is 4.98 Å². The van der Waals surface area contributed by atoms with Crippen molar-refractivity contribution in [2.75, 3.05) is 34.4 Å². The molecule has 10 nitrogen and oxygen atoms in total. The third-order valence-corrected chi connectivity index (χ3v) is 5.92. The van der Waals surface area contributed by atoms with Gasteiger partial charge in [-0.2, -0.15) is 0 Å². The molecule has 0 atom stereocenters. The molecule has 1 aromatic carbocycles. The van der Waals surface area contributed by atoms with Crippen molar-refractivity contribution in [2.24, 2.45) is 0 Å². The molecule has 1 fully saturated rings. The Morgan fingerprint density at radius 2 is 1.91 bits per heavy atom. The SMILES string of the molecule is COc1cc(C(=O)N2CCC(c3c[nH]c4ncccc34)CC2)c([N+](=O)[O-])c(OC)c1OC. The Kier molecular flexibility index (Phi) is 5.85. The minimum absolute atomic E-state index is 0.0740. The van der Waals surface area contributed by atoms with E-state index in [9.17, 15) is 14.9 Å². The number of rotatable bonds is 6. The number of methoxy groups -OCH3 is 3. The average Bonchev–Trinajstić information content (AvgIpc) is 3.26. The minimum atomic E-state index is -0.625. The van der Waals surface area contributed by atoms with E-state index >= 15 is 0 Å². The first kappa shape index (κ1) is 21.4. The van der Waals surface area contributed by atoms with Gasteiger partial charge in [-0.3, -0.25) is 14.9 Å². The molecular formula is C22H24N4O6. The van der Waals surface area contributed by atoms with Gasteiger partial charge in [0.05, 0.1) is 26.3 Å². The molecule has 0 spiro atoms. The lowest BCUT2D eigenvalue weighted by Gasteiger charge is -2.32. The first-order chi connectivity index (χ1) is 15.5. The van der Waals surface area contributed by atoms with E-state index in [4.69, 9.17) is 14.2 Å². The van der Waals surface area contributed by atoms with Gasteiger partial charge in [-0.15, -0.1) is 0 Å². The second kappa shape index (κ2) is 8.74. The van der Waals surface area contributed by atoms with E-state index in [1.165, 1.54) is 33.0 Å². The predicted molar refractivity (Wildman–Crippen MR) is 117 cm³/mol. The minimum Gasteiger partial charge on any atom is -0.493 e. The first-order valence-corrected chi connectivity index (χ1v) is 10.2. The summed E-state index contributed by atoms with van der Waals surface area (Å²) in [6.45, 7) is 0.953. The summed E-state index contributed by atoms with van der Waals surface area (Å²) < 4.78 is 15.8. The number of carbonyl (C=O) groups excluding carboxylic acids is 1. The Morgan fingerprint density at radius 1 is 1.19 bits per heavy atom. The van der Waals surface area contributed by atoms with Crippen LogP contribution in [0.4, 0.5) is 5.69 Å². The Bertz CT molecular complexity index is 1170. The van der Waals surface area contributed by atoms with Crippen molar-refractivity contribution in [1.29, 1.82) is 0 Å². The lowest BCUT2D eigenvalue weighted by molar-refractivity contribution is -0.386. The number of nitro groups is 1. The maximum absolute atomic E-state index is 13.3. The summed E-state index contributed by atoms with van der Waals surface area (Å²) in [6, 6.07) is 5.28. The zero-order valence-electron chi connectivity index (χ0n) is 18.1. The van der Waals surface area contributed by atoms with Crippen molar-refractivity contribution >= 4 is 22.6 Å². The number of nitro benzene ring substituents is 1. The van der Waals surface area contributed by atoms with Crippen molar-refractivity contribution in [2.45, 2.75) is 18.8 Å². The molecule has 32 heavy (non-hydrogen) atoms. The fourth-order valence-electron chi connectivity index (χ4n) is 4.36. The number of piperidine rings is 1. The molecule has 1 aliphatic rings. The number of fused-ring (bicyclic) bond motifs is 1. The summed E-state index contributed by atoms with van der Waals surface area (Å²) in [5.74, 6) is -0.0346. The number of hydrogen-bond acceptors (Lipinski definition) is 7. The number of pyridine rings is 1. The molecule has 1 aliphatic heterocycles. The van der Waals surface area contributed by atoms with E-state index in [1.807, 2.05) is 18.3 Å². The lowest BCUT2D eigenvalue weighted by atomic mass is 9.89. The largest absolute Gasteiger partial charge is 0.493 e. The molecule has 1 saturated heterocycles. The molecule has 3 aromatic rings. The Hall–Kier alpha value is -3.82. The second-order valence-corrected chi connectivity index (χ2v) is 7.51. The van der Waals surface area contributed by atoms with Gasteiger partial charge in [-0.05, 0) is 36.5 Å². The number of hydrogen-bond donors (Lipinski definition) is 1. The zero-order chi connectivity index (χ0) is 22.8. The summed E-state index contributed by atoms with van der Waals surface area (Å²) >= 11 is 0. The predicted octanol–water partition coefficient (Wildman–Crippen LogP) is 3.52. The van der Waals surface area contributed by atoms with E-state index in [0.717, 1.165) is 23.9 Å². The Labute approximate surface area is 184 Å². The third-order valence-electron chi connectivity index (χ3n) is 5.92. The molecule has 0 bridgehead atoms. The fourth-order valence-corrected chi connectivity index (χ4v) is 4.36. The molecule has 0 saturated carbocycles. The van der Waals surface area contributed by atoms with Crippen LogP contribution in [0.25, 0.3) is 11.0 Å².